The Labute approximate surface area is 147 Å². The highest BCUT2D eigenvalue weighted by Crippen LogP contribution is 2.18. The quantitative estimate of drug-likeness (QED) is 0.644. The Morgan fingerprint density at radius 2 is 1.80 bits per heavy atom. The zero-order valence-electron chi connectivity index (χ0n) is 14.5. The predicted octanol–water partition coefficient (Wildman–Crippen LogP) is 2.42. The van der Waals surface area contributed by atoms with E-state index in [-0.39, 0.29) is 18.4 Å². The van der Waals surface area contributed by atoms with Crippen LogP contribution in [0.25, 0.3) is 0 Å². The maximum atomic E-state index is 12.4. The van der Waals surface area contributed by atoms with Crippen LogP contribution in [0.15, 0.2) is 48.5 Å². The van der Waals surface area contributed by atoms with Crippen molar-refractivity contribution in [3.05, 3.63) is 59.7 Å². The summed E-state index contributed by atoms with van der Waals surface area (Å²) in [7, 11) is 1.61. The lowest BCUT2D eigenvalue weighted by atomic mass is 10.1. The van der Waals surface area contributed by atoms with Crippen molar-refractivity contribution in [1.29, 1.82) is 0 Å². The first-order valence-corrected chi connectivity index (χ1v) is 8.06. The maximum absolute atomic E-state index is 12.4. The molecular weight excluding hydrogens is 318 g/mol. The molecule has 0 heterocycles. The van der Waals surface area contributed by atoms with Crippen LogP contribution in [0.5, 0.6) is 0 Å². The van der Waals surface area contributed by atoms with E-state index in [4.69, 9.17) is 4.74 Å². The van der Waals surface area contributed by atoms with Gasteiger partial charge in [0, 0.05) is 30.6 Å². The van der Waals surface area contributed by atoms with Crippen molar-refractivity contribution in [2.24, 2.45) is 0 Å². The molecular formula is C19H23N3O3. The van der Waals surface area contributed by atoms with Gasteiger partial charge in [-0.05, 0) is 36.8 Å². The van der Waals surface area contributed by atoms with E-state index in [0.717, 1.165) is 11.3 Å². The highest BCUT2D eigenvalue weighted by molar-refractivity contribution is 6.05. The Morgan fingerprint density at radius 3 is 2.52 bits per heavy atom. The highest BCUT2D eigenvalue weighted by atomic mass is 16.5. The number of benzene rings is 2. The molecule has 0 saturated carbocycles. The van der Waals surface area contributed by atoms with Gasteiger partial charge in [0.1, 0.15) is 0 Å². The van der Waals surface area contributed by atoms with Crippen molar-refractivity contribution in [3.8, 4) is 0 Å². The van der Waals surface area contributed by atoms with E-state index in [1.165, 1.54) is 0 Å². The summed E-state index contributed by atoms with van der Waals surface area (Å²) in [6.07, 6.45) is 0. The first-order chi connectivity index (χ1) is 12.1. The maximum Gasteiger partial charge on any atom is 0.255 e. The molecule has 25 heavy (non-hydrogen) atoms. The van der Waals surface area contributed by atoms with Gasteiger partial charge in [-0.25, -0.2) is 0 Å². The Hall–Kier alpha value is -2.70. The molecule has 0 fully saturated rings. The summed E-state index contributed by atoms with van der Waals surface area (Å²) in [5.74, 6) is -0.389. The topological polar surface area (TPSA) is 79.5 Å². The number of hydrogen-bond acceptors (Lipinski definition) is 4. The second kappa shape index (κ2) is 9.56. The molecule has 0 aliphatic carbocycles. The van der Waals surface area contributed by atoms with Crippen molar-refractivity contribution >= 4 is 23.2 Å². The molecule has 2 aromatic carbocycles. The van der Waals surface area contributed by atoms with Gasteiger partial charge in [0.25, 0.3) is 5.91 Å². The molecule has 0 radical (unpaired) electrons. The summed E-state index contributed by atoms with van der Waals surface area (Å²) < 4.78 is 4.91. The Bertz CT molecular complexity index is 717. The second-order valence-corrected chi connectivity index (χ2v) is 5.57. The van der Waals surface area contributed by atoms with E-state index in [0.29, 0.717) is 24.4 Å². The summed E-state index contributed by atoms with van der Waals surface area (Å²) in [5, 5.41) is 8.63. The van der Waals surface area contributed by atoms with E-state index in [2.05, 4.69) is 16.0 Å². The monoisotopic (exact) mass is 341 g/mol. The van der Waals surface area contributed by atoms with E-state index in [1.54, 1.807) is 19.2 Å². The summed E-state index contributed by atoms with van der Waals surface area (Å²) in [6, 6.07) is 14.5. The fourth-order valence-corrected chi connectivity index (χ4v) is 2.19. The molecule has 132 valence electrons. The van der Waals surface area contributed by atoms with Crippen LogP contribution in [0.1, 0.15) is 15.9 Å². The van der Waals surface area contributed by atoms with Crippen LogP contribution >= 0.6 is 0 Å². The van der Waals surface area contributed by atoms with E-state index in [1.807, 2.05) is 43.3 Å². The molecule has 0 aromatic heterocycles. The van der Waals surface area contributed by atoms with Crippen molar-refractivity contribution < 1.29 is 14.3 Å². The Balaban J connectivity index is 1.99. The highest BCUT2D eigenvalue weighted by Gasteiger charge is 2.10. The number of para-hydroxylation sites is 1. The summed E-state index contributed by atoms with van der Waals surface area (Å²) in [6.45, 7) is 3.21. The molecule has 0 atom stereocenters. The van der Waals surface area contributed by atoms with Crippen molar-refractivity contribution in [2.45, 2.75) is 6.92 Å². The number of methoxy groups -OCH3 is 1. The van der Waals surface area contributed by atoms with Crippen LogP contribution in [0.3, 0.4) is 0 Å². The molecule has 0 spiro atoms. The third-order valence-electron chi connectivity index (χ3n) is 3.57. The van der Waals surface area contributed by atoms with Crippen LogP contribution < -0.4 is 16.0 Å². The van der Waals surface area contributed by atoms with E-state index < -0.39 is 0 Å². The first-order valence-electron chi connectivity index (χ1n) is 8.06. The molecule has 0 aliphatic rings. The van der Waals surface area contributed by atoms with Crippen LogP contribution in [0.2, 0.25) is 0 Å². The third kappa shape index (κ3) is 6.02. The van der Waals surface area contributed by atoms with Gasteiger partial charge in [-0.3, -0.25) is 9.59 Å². The lowest BCUT2D eigenvalue weighted by Crippen LogP contribution is -2.30. The minimum Gasteiger partial charge on any atom is -0.383 e. The van der Waals surface area contributed by atoms with Crippen LogP contribution in [0.4, 0.5) is 11.4 Å². The summed E-state index contributed by atoms with van der Waals surface area (Å²) >= 11 is 0. The minimum absolute atomic E-state index is 0.167. The third-order valence-corrected chi connectivity index (χ3v) is 3.57. The van der Waals surface area contributed by atoms with Crippen LogP contribution in [0, 0.1) is 6.92 Å². The second-order valence-electron chi connectivity index (χ2n) is 5.57. The van der Waals surface area contributed by atoms with Gasteiger partial charge in [0.05, 0.1) is 13.2 Å². The van der Waals surface area contributed by atoms with Crippen molar-refractivity contribution in [3.63, 3.8) is 0 Å². The normalized spacial score (nSPS) is 10.3. The van der Waals surface area contributed by atoms with Gasteiger partial charge < -0.3 is 20.7 Å². The number of aryl methyl sites for hydroxylation is 1. The lowest BCUT2D eigenvalue weighted by molar-refractivity contribution is -0.115. The molecule has 2 aromatic rings. The van der Waals surface area contributed by atoms with Gasteiger partial charge in [-0.2, -0.15) is 0 Å². The number of anilines is 2. The minimum atomic E-state index is -0.222. The molecule has 0 bridgehead atoms. The summed E-state index contributed by atoms with van der Waals surface area (Å²) in [5.41, 5.74) is 2.72. The van der Waals surface area contributed by atoms with Gasteiger partial charge in [-0.15, -0.1) is 0 Å². The van der Waals surface area contributed by atoms with Crippen molar-refractivity contribution in [1.82, 2.24) is 5.32 Å². The smallest absolute Gasteiger partial charge is 0.255 e. The Morgan fingerprint density at radius 1 is 1.04 bits per heavy atom. The van der Waals surface area contributed by atoms with Gasteiger partial charge in [-0.1, -0.05) is 24.3 Å². The lowest BCUT2D eigenvalue weighted by Gasteiger charge is -2.11. The van der Waals surface area contributed by atoms with Gasteiger partial charge >= 0.3 is 0 Å². The number of amides is 2. The van der Waals surface area contributed by atoms with E-state index in [9.17, 15) is 9.59 Å². The average Bonchev–Trinajstić information content (AvgIpc) is 2.61. The largest absolute Gasteiger partial charge is 0.383 e. The first kappa shape index (κ1) is 18.6. The Kier molecular flexibility index (Phi) is 7.13. The van der Waals surface area contributed by atoms with Gasteiger partial charge in [0.2, 0.25) is 5.91 Å². The van der Waals surface area contributed by atoms with Crippen molar-refractivity contribution in [2.75, 3.05) is 37.4 Å². The number of ether oxygens (including phenoxy) is 1. The number of carbonyl (C=O) groups is 2. The number of hydrogen-bond donors (Lipinski definition) is 3. The van der Waals surface area contributed by atoms with Crippen LogP contribution in [-0.2, 0) is 9.53 Å². The fourth-order valence-electron chi connectivity index (χ4n) is 2.19. The van der Waals surface area contributed by atoms with E-state index >= 15 is 0 Å². The number of rotatable bonds is 8. The predicted molar refractivity (Wildman–Crippen MR) is 98.9 cm³/mol. The zero-order chi connectivity index (χ0) is 18.1. The molecule has 0 saturated heterocycles. The molecule has 3 N–H and O–H groups in total. The number of nitrogens with one attached hydrogen (secondary N) is 3. The molecule has 2 amide bonds. The summed E-state index contributed by atoms with van der Waals surface area (Å²) in [4.78, 5) is 24.3. The molecule has 6 heteroatoms. The van der Waals surface area contributed by atoms with Gasteiger partial charge in [0.15, 0.2) is 0 Å². The zero-order valence-corrected chi connectivity index (χ0v) is 14.5. The van der Waals surface area contributed by atoms with Crippen LogP contribution in [-0.4, -0.2) is 38.6 Å². The molecule has 0 aliphatic heterocycles. The molecule has 6 nitrogen and oxygen atoms in total. The SMILES string of the molecule is COCCNCC(=O)Nc1cc(C(=O)Nc2ccccc2)ccc1C. The number of carbonyl (C=O) groups excluding carboxylic acids is 2. The molecule has 0 unspecified atom stereocenters. The molecule has 2 rings (SSSR count). The standard InChI is InChI=1S/C19H23N3O3/c1-14-8-9-15(19(24)21-16-6-4-3-5-7-16)12-17(14)22-18(23)13-20-10-11-25-2/h3-9,12,20H,10-11,13H2,1-2H3,(H,21,24)(H,22,23). The fraction of sp³-hybridized carbons (Fsp3) is 0.263. The average molecular weight is 341 g/mol.